The van der Waals surface area contributed by atoms with Gasteiger partial charge in [-0.05, 0) is 18.6 Å². The van der Waals surface area contributed by atoms with Crippen LogP contribution in [0.15, 0.2) is 11.6 Å². The molecule has 0 amide bonds. The van der Waals surface area contributed by atoms with Crippen LogP contribution < -0.4 is 0 Å². The Kier molecular flexibility index (Phi) is 9.12. The van der Waals surface area contributed by atoms with Crippen LogP contribution in [-0.2, 0) is 53.5 Å². The van der Waals surface area contributed by atoms with Gasteiger partial charge in [0.1, 0.15) is 0 Å². The molecule has 0 spiro atoms. The van der Waals surface area contributed by atoms with Crippen LogP contribution >= 0.6 is 22.9 Å². The molecule has 1 aliphatic heterocycles. The summed E-state index contributed by atoms with van der Waals surface area (Å²) >= 11 is 7.44. The number of hydrogen-bond donors (Lipinski definition) is 0. The largest absolute Gasteiger partial charge is 0.519 e. The first-order valence-corrected chi connectivity index (χ1v) is 8.15. The Morgan fingerprint density at radius 2 is 2.09 bits per heavy atom. The van der Waals surface area contributed by atoms with E-state index >= 15 is 0 Å². The SMILES string of the molecule is [CH-]=C(C(=O)OCC)C(=O)c1cc(CN2CCOCC2)sc1Cl.[Y]. The molecule has 0 aromatic carbocycles. The van der Waals surface area contributed by atoms with Crippen LogP contribution in [0.4, 0.5) is 0 Å². The third-order valence-corrected chi connectivity index (χ3v) is 4.55. The number of morpholine rings is 1. The van der Waals surface area contributed by atoms with E-state index in [0.29, 0.717) is 24.1 Å². The predicted octanol–water partition coefficient (Wildman–Crippen LogP) is 2.34. The zero-order chi connectivity index (χ0) is 16.1. The Labute approximate surface area is 169 Å². The van der Waals surface area contributed by atoms with Crippen LogP contribution in [0.5, 0.6) is 0 Å². The minimum absolute atomic E-state index is 0. The van der Waals surface area contributed by atoms with Gasteiger partial charge in [0, 0.05) is 57.2 Å². The minimum Gasteiger partial charge on any atom is -0.519 e. The van der Waals surface area contributed by atoms with Crippen molar-refractivity contribution in [3.05, 3.63) is 33.0 Å². The van der Waals surface area contributed by atoms with Crippen LogP contribution in [0.25, 0.3) is 0 Å². The molecule has 1 saturated heterocycles. The Balaban J connectivity index is 0.00000264. The first kappa shape index (κ1) is 20.9. The molecular formula is C15H17ClNO4SY-. The second-order valence-corrected chi connectivity index (χ2v) is 6.49. The molecule has 1 aromatic rings. The monoisotopic (exact) mass is 431 g/mol. The summed E-state index contributed by atoms with van der Waals surface area (Å²) in [4.78, 5) is 26.9. The summed E-state index contributed by atoms with van der Waals surface area (Å²) in [5.41, 5.74) is -0.194. The van der Waals surface area contributed by atoms with Gasteiger partial charge in [-0.2, -0.15) is 0 Å². The number of ether oxygens (including phenoxy) is 2. The van der Waals surface area contributed by atoms with Crippen molar-refractivity contribution >= 4 is 34.7 Å². The van der Waals surface area contributed by atoms with Crippen molar-refractivity contribution in [1.29, 1.82) is 0 Å². The van der Waals surface area contributed by atoms with E-state index in [0.717, 1.165) is 18.0 Å². The molecule has 5 nitrogen and oxygen atoms in total. The molecule has 2 rings (SSSR count). The van der Waals surface area contributed by atoms with Gasteiger partial charge in [-0.1, -0.05) is 17.2 Å². The molecule has 1 aromatic heterocycles. The van der Waals surface area contributed by atoms with Crippen LogP contribution in [0.3, 0.4) is 0 Å². The molecule has 123 valence electrons. The summed E-state index contributed by atoms with van der Waals surface area (Å²) in [5, 5.41) is 0. The molecule has 1 radical (unpaired) electrons. The van der Waals surface area contributed by atoms with E-state index in [4.69, 9.17) is 27.7 Å². The molecule has 0 N–H and O–H groups in total. The average molecular weight is 432 g/mol. The fourth-order valence-electron chi connectivity index (χ4n) is 2.08. The van der Waals surface area contributed by atoms with E-state index in [1.807, 2.05) is 0 Å². The van der Waals surface area contributed by atoms with Gasteiger partial charge >= 0.3 is 0 Å². The van der Waals surface area contributed by atoms with E-state index in [-0.39, 0.29) is 44.9 Å². The molecule has 1 fully saturated rings. The average Bonchev–Trinajstić information content (AvgIpc) is 2.87. The van der Waals surface area contributed by atoms with Gasteiger partial charge in [-0.3, -0.25) is 4.90 Å². The molecule has 0 saturated carbocycles. The third-order valence-electron chi connectivity index (χ3n) is 3.21. The fourth-order valence-corrected chi connectivity index (χ4v) is 3.43. The topological polar surface area (TPSA) is 55.8 Å². The van der Waals surface area contributed by atoms with E-state index in [9.17, 15) is 9.59 Å². The number of ketones is 1. The van der Waals surface area contributed by atoms with Gasteiger partial charge < -0.3 is 19.1 Å². The summed E-state index contributed by atoms with van der Waals surface area (Å²) < 4.78 is 10.4. The van der Waals surface area contributed by atoms with Gasteiger partial charge in [0.2, 0.25) is 5.97 Å². The van der Waals surface area contributed by atoms with Crippen molar-refractivity contribution in [3.8, 4) is 0 Å². The number of carbonyl (C=O) groups excluding carboxylic acids is 2. The second-order valence-electron chi connectivity index (χ2n) is 4.75. The maximum absolute atomic E-state index is 12.2. The summed E-state index contributed by atoms with van der Waals surface area (Å²) in [5.74, 6) is -1.41. The van der Waals surface area contributed by atoms with Crippen molar-refractivity contribution in [1.82, 2.24) is 4.90 Å². The van der Waals surface area contributed by atoms with Crippen LogP contribution in [0.2, 0.25) is 4.34 Å². The summed E-state index contributed by atoms with van der Waals surface area (Å²) in [6, 6.07) is 1.69. The van der Waals surface area contributed by atoms with Gasteiger partial charge in [0.25, 0.3) is 0 Å². The first-order valence-electron chi connectivity index (χ1n) is 6.95. The fraction of sp³-hybridized carbons (Fsp3) is 0.467. The molecule has 0 aliphatic carbocycles. The third kappa shape index (κ3) is 5.73. The molecule has 8 heteroatoms. The zero-order valence-electron chi connectivity index (χ0n) is 12.8. The standard InChI is InChI=1S/C15H17ClNO4S.Y/c1-3-21-15(19)10(2)13(18)12-8-11(22-14(12)16)9-17-4-6-20-7-5-17;/h2,8H,3-7,9H2,1H3;/q-1;. The van der Waals surface area contributed by atoms with Gasteiger partial charge in [-0.25, -0.2) is 6.58 Å². The Bertz CT molecular complexity index is 584. The Morgan fingerprint density at radius 3 is 2.70 bits per heavy atom. The number of thiophene rings is 1. The number of nitrogens with zero attached hydrogens (tertiary/aromatic N) is 1. The quantitative estimate of drug-likeness (QED) is 0.173. The molecule has 0 atom stereocenters. The summed E-state index contributed by atoms with van der Waals surface area (Å²) in [6.45, 7) is 11.1. The van der Waals surface area contributed by atoms with Crippen LogP contribution in [0.1, 0.15) is 22.2 Å². The zero-order valence-corrected chi connectivity index (χ0v) is 17.3. The number of halogens is 1. The molecule has 2 heterocycles. The van der Waals surface area contributed by atoms with E-state index in [2.05, 4.69) is 4.90 Å². The van der Waals surface area contributed by atoms with Gasteiger partial charge in [0.15, 0.2) is 0 Å². The van der Waals surface area contributed by atoms with Gasteiger partial charge in [-0.15, -0.1) is 11.3 Å². The van der Waals surface area contributed by atoms with Crippen molar-refractivity contribution in [2.24, 2.45) is 0 Å². The van der Waals surface area contributed by atoms with Crippen LogP contribution in [0, 0.1) is 6.58 Å². The molecular weight excluding hydrogens is 415 g/mol. The number of rotatable bonds is 6. The van der Waals surface area contributed by atoms with E-state index in [1.165, 1.54) is 11.3 Å². The van der Waals surface area contributed by atoms with Crippen molar-refractivity contribution in [2.75, 3.05) is 32.9 Å². The smallest absolute Gasteiger partial charge is 0.222 e. The maximum Gasteiger partial charge on any atom is 0.222 e. The Hall–Kier alpha value is -0.106. The summed E-state index contributed by atoms with van der Waals surface area (Å²) in [6.07, 6.45) is 0. The first-order chi connectivity index (χ1) is 10.5. The maximum atomic E-state index is 12.2. The van der Waals surface area contributed by atoms with Gasteiger partial charge in [0.05, 0.1) is 29.9 Å². The molecule has 0 bridgehead atoms. The minimum atomic E-state index is -0.815. The van der Waals surface area contributed by atoms with E-state index < -0.39 is 17.3 Å². The van der Waals surface area contributed by atoms with Crippen LogP contribution in [-0.4, -0.2) is 49.6 Å². The van der Waals surface area contributed by atoms with Crippen molar-refractivity contribution in [2.45, 2.75) is 13.5 Å². The van der Waals surface area contributed by atoms with Crippen molar-refractivity contribution < 1.29 is 51.8 Å². The normalized spacial score (nSPS) is 14.9. The van der Waals surface area contributed by atoms with E-state index in [1.54, 1.807) is 13.0 Å². The number of carbonyl (C=O) groups is 2. The van der Waals surface area contributed by atoms with Crippen molar-refractivity contribution in [3.63, 3.8) is 0 Å². The number of esters is 1. The molecule has 1 aliphatic rings. The molecule has 23 heavy (non-hydrogen) atoms. The number of hydrogen-bond acceptors (Lipinski definition) is 6. The number of Topliss-reactive ketones (excluding diaryl/α,β-unsaturated/α-hetero) is 1. The second kappa shape index (κ2) is 10.0. The summed E-state index contributed by atoms with van der Waals surface area (Å²) in [7, 11) is 0. The Morgan fingerprint density at radius 1 is 1.43 bits per heavy atom. The predicted molar refractivity (Wildman–Crippen MR) is 84.2 cm³/mol. The molecule has 0 unspecified atom stereocenters.